The van der Waals surface area contributed by atoms with Crippen molar-refractivity contribution >= 4 is 0 Å². The minimum absolute atomic E-state index is 0.100. The van der Waals surface area contributed by atoms with Crippen LogP contribution in [0.1, 0.15) is 24.5 Å². The van der Waals surface area contributed by atoms with Crippen molar-refractivity contribution in [1.29, 1.82) is 0 Å². The Morgan fingerprint density at radius 2 is 2.24 bits per heavy atom. The fourth-order valence-electron chi connectivity index (χ4n) is 2.49. The van der Waals surface area contributed by atoms with E-state index in [2.05, 4.69) is 11.8 Å². The Labute approximate surface area is 103 Å². The molecule has 17 heavy (non-hydrogen) atoms. The molecule has 1 unspecified atom stereocenters. The van der Waals surface area contributed by atoms with Crippen LogP contribution < -0.4 is 5.73 Å². The van der Waals surface area contributed by atoms with Gasteiger partial charge in [0.2, 0.25) is 0 Å². The first-order chi connectivity index (χ1) is 8.02. The van der Waals surface area contributed by atoms with Gasteiger partial charge in [-0.3, -0.25) is 4.90 Å². The lowest BCUT2D eigenvalue weighted by Gasteiger charge is -2.22. The number of hydrogen-bond donors (Lipinski definition) is 1. The lowest BCUT2D eigenvalue weighted by atomic mass is 9.90. The summed E-state index contributed by atoms with van der Waals surface area (Å²) in [5, 5.41) is 0. The largest absolute Gasteiger partial charge is 0.330 e. The quantitative estimate of drug-likeness (QED) is 0.872. The Bertz CT molecular complexity index is 405. The molecule has 2 nitrogen and oxygen atoms in total. The third-order valence-electron chi connectivity index (χ3n) is 3.72. The summed E-state index contributed by atoms with van der Waals surface area (Å²) in [5.74, 6) is -0.100. The second-order valence-electron chi connectivity index (χ2n) is 5.57. The first-order valence-electron chi connectivity index (χ1n) is 6.20. The molecule has 2 N–H and O–H groups in total. The van der Waals surface area contributed by atoms with Crippen LogP contribution in [-0.4, -0.2) is 24.5 Å². The van der Waals surface area contributed by atoms with Crippen LogP contribution in [0.25, 0.3) is 0 Å². The van der Waals surface area contributed by atoms with Crippen LogP contribution in [0.2, 0.25) is 0 Å². The molecule has 1 heterocycles. The SMILES string of the molecule is Cc1ccc(F)c(CN2CCC(C)(CN)C2)c1. The number of nitrogens with two attached hydrogens (primary N) is 1. The van der Waals surface area contributed by atoms with Crippen LogP contribution >= 0.6 is 0 Å². The third-order valence-corrected chi connectivity index (χ3v) is 3.72. The summed E-state index contributed by atoms with van der Waals surface area (Å²) in [6.07, 6.45) is 1.11. The predicted octanol–water partition coefficient (Wildman–Crippen LogP) is 2.30. The lowest BCUT2D eigenvalue weighted by molar-refractivity contribution is 0.271. The molecule has 1 fully saturated rings. The van der Waals surface area contributed by atoms with Crippen LogP contribution in [0.15, 0.2) is 18.2 Å². The Kier molecular flexibility index (Phi) is 3.50. The molecule has 1 aromatic rings. The molecule has 0 amide bonds. The number of rotatable bonds is 3. The van der Waals surface area contributed by atoms with Gasteiger partial charge in [0.1, 0.15) is 5.82 Å². The van der Waals surface area contributed by atoms with Gasteiger partial charge in [-0.05, 0) is 37.9 Å². The Hall–Kier alpha value is -0.930. The second-order valence-corrected chi connectivity index (χ2v) is 5.57. The number of hydrogen-bond acceptors (Lipinski definition) is 2. The number of nitrogens with zero attached hydrogens (tertiary/aromatic N) is 1. The maximum absolute atomic E-state index is 13.6. The summed E-state index contributed by atoms with van der Waals surface area (Å²) >= 11 is 0. The van der Waals surface area contributed by atoms with E-state index < -0.39 is 0 Å². The standard InChI is InChI=1S/C14H21FN2/c1-11-3-4-13(15)12(7-11)8-17-6-5-14(2,9-16)10-17/h3-4,7H,5-6,8-10,16H2,1-2H3. The van der Waals surface area contributed by atoms with E-state index in [4.69, 9.17) is 5.73 Å². The maximum Gasteiger partial charge on any atom is 0.127 e. The zero-order chi connectivity index (χ0) is 12.5. The molecule has 0 saturated carbocycles. The van der Waals surface area contributed by atoms with Crippen molar-refractivity contribution in [3.8, 4) is 0 Å². The third kappa shape index (κ3) is 2.85. The van der Waals surface area contributed by atoms with E-state index in [0.29, 0.717) is 13.1 Å². The molecule has 0 aromatic heterocycles. The van der Waals surface area contributed by atoms with Gasteiger partial charge in [0.05, 0.1) is 0 Å². The van der Waals surface area contributed by atoms with Gasteiger partial charge in [-0.1, -0.05) is 24.6 Å². The van der Waals surface area contributed by atoms with Crippen molar-refractivity contribution in [1.82, 2.24) is 4.90 Å². The average Bonchev–Trinajstić information content (AvgIpc) is 2.67. The van der Waals surface area contributed by atoms with E-state index in [9.17, 15) is 4.39 Å². The molecule has 1 aliphatic rings. The van der Waals surface area contributed by atoms with Gasteiger partial charge in [0.15, 0.2) is 0 Å². The summed E-state index contributed by atoms with van der Waals surface area (Å²) in [6.45, 7) is 7.59. The molecule has 0 bridgehead atoms. The zero-order valence-electron chi connectivity index (χ0n) is 10.7. The van der Waals surface area contributed by atoms with Gasteiger partial charge < -0.3 is 5.73 Å². The monoisotopic (exact) mass is 236 g/mol. The highest BCUT2D eigenvalue weighted by atomic mass is 19.1. The molecule has 94 valence electrons. The molecule has 0 spiro atoms. The lowest BCUT2D eigenvalue weighted by Crippen LogP contribution is -2.31. The van der Waals surface area contributed by atoms with Crippen LogP contribution in [-0.2, 0) is 6.54 Å². The van der Waals surface area contributed by atoms with Gasteiger partial charge in [0.25, 0.3) is 0 Å². The van der Waals surface area contributed by atoms with E-state index in [-0.39, 0.29) is 11.2 Å². The average molecular weight is 236 g/mol. The predicted molar refractivity (Wildman–Crippen MR) is 68.2 cm³/mol. The minimum Gasteiger partial charge on any atom is -0.330 e. The smallest absolute Gasteiger partial charge is 0.127 e. The van der Waals surface area contributed by atoms with Gasteiger partial charge >= 0.3 is 0 Å². The van der Waals surface area contributed by atoms with Crippen molar-refractivity contribution in [2.24, 2.45) is 11.1 Å². The zero-order valence-corrected chi connectivity index (χ0v) is 10.7. The van der Waals surface area contributed by atoms with E-state index in [1.165, 1.54) is 0 Å². The second kappa shape index (κ2) is 4.75. The van der Waals surface area contributed by atoms with Crippen molar-refractivity contribution < 1.29 is 4.39 Å². The summed E-state index contributed by atoms with van der Waals surface area (Å²) < 4.78 is 13.6. The Morgan fingerprint density at radius 1 is 1.47 bits per heavy atom. The van der Waals surface area contributed by atoms with Crippen molar-refractivity contribution in [2.75, 3.05) is 19.6 Å². The van der Waals surface area contributed by atoms with Crippen LogP contribution in [0.5, 0.6) is 0 Å². The Morgan fingerprint density at radius 3 is 2.88 bits per heavy atom. The van der Waals surface area contributed by atoms with E-state index in [1.54, 1.807) is 6.07 Å². The Balaban J connectivity index is 2.05. The topological polar surface area (TPSA) is 29.3 Å². The van der Waals surface area contributed by atoms with Gasteiger partial charge in [-0.15, -0.1) is 0 Å². The van der Waals surface area contributed by atoms with E-state index >= 15 is 0 Å². The molecule has 1 aromatic carbocycles. The van der Waals surface area contributed by atoms with Gasteiger partial charge in [-0.2, -0.15) is 0 Å². The fraction of sp³-hybridized carbons (Fsp3) is 0.571. The minimum atomic E-state index is -0.100. The maximum atomic E-state index is 13.6. The van der Waals surface area contributed by atoms with E-state index in [0.717, 1.165) is 30.6 Å². The number of halogens is 1. The summed E-state index contributed by atoms with van der Waals surface area (Å²) in [5.41, 5.74) is 7.90. The van der Waals surface area contributed by atoms with Crippen molar-refractivity contribution in [3.63, 3.8) is 0 Å². The van der Waals surface area contributed by atoms with Gasteiger partial charge in [-0.25, -0.2) is 4.39 Å². The highest BCUT2D eigenvalue weighted by Crippen LogP contribution is 2.29. The number of aryl methyl sites for hydroxylation is 1. The molecule has 2 rings (SSSR count). The fourth-order valence-corrected chi connectivity index (χ4v) is 2.49. The summed E-state index contributed by atoms with van der Waals surface area (Å²) in [4.78, 5) is 2.30. The first-order valence-corrected chi connectivity index (χ1v) is 6.20. The molecule has 3 heteroatoms. The number of likely N-dealkylation sites (tertiary alicyclic amines) is 1. The normalized spacial score (nSPS) is 25.4. The molecule has 1 saturated heterocycles. The van der Waals surface area contributed by atoms with Crippen molar-refractivity contribution in [3.05, 3.63) is 35.1 Å². The van der Waals surface area contributed by atoms with Gasteiger partial charge in [0, 0.05) is 18.7 Å². The molecular formula is C14H21FN2. The van der Waals surface area contributed by atoms with E-state index in [1.807, 2.05) is 19.1 Å². The van der Waals surface area contributed by atoms with Crippen LogP contribution in [0, 0.1) is 18.2 Å². The molecule has 0 radical (unpaired) electrons. The van der Waals surface area contributed by atoms with Crippen LogP contribution in [0.3, 0.4) is 0 Å². The van der Waals surface area contributed by atoms with Crippen molar-refractivity contribution in [2.45, 2.75) is 26.8 Å². The number of benzene rings is 1. The molecule has 0 aliphatic carbocycles. The highest BCUT2D eigenvalue weighted by molar-refractivity contribution is 5.24. The summed E-state index contributed by atoms with van der Waals surface area (Å²) in [7, 11) is 0. The molecular weight excluding hydrogens is 215 g/mol. The first kappa shape index (κ1) is 12.5. The molecule has 1 aliphatic heterocycles. The van der Waals surface area contributed by atoms with Crippen LogP contribution in [0.4, 0.5) is 4.39 Å². The summed E-state index contributed by atoms with van der Waals surface area (Å²) in [6, 6.07) is 5.31. The molecule has 1 atom stereocenters. The highest BCUT2D eigenvalue weighted by Gasteiger charge is 2.32.